The average molecular weight is 208 g/mol. The van der Waals surface area contributed by atoms with Crippen molar-refractivity contribution in [2.45, 2.75) is 38.6 Å². The number of likely N-dealkylation sites (N-methyl/N-ethyl adjacent to an activating group) is 1. The molecule has 0 bridgehead atoms. The summed E-state index contributed by atoms with van der Waals surface area (Å²) in [7, 11) is 0. The molecule has 0 saturated carbocycles. The lowest BCUT2D eigenvalue weighted by atomic mass is 9.92. The Bertz CT molecular complexity index is 261. The molecule has 0 aromatic rings. The second-order valence-electron chi connectivity index (χ2n) is 3.99. The van der Waals surface area contributed by atoms with Crippen LogP contribution in [-0.4, -0.2) is 36.0 Å². The summed E-state index contributed by atoms with van der Waals surface area (Å²) in [5.41, 5.74) is -0.340. The predicted molar refractivity (Wildman–Crippen MR) is 61.3 cm³/mol. The van der Waals surface area contributed by atoms with Crippen LogP contribution in [0.2, 0.25) is 0 Å². The highest BCUT2D eigenvalue weighted by Gasteiger charge is 2.41. The Morgan fingerprint density at radius 2 is 2.33 bits per heavy atom. The van der Waals surface area contributed by atoms with E-state index in [1.54, 1.807) is 4.90 Å². The van der Waals surface area contributed by atoms with E-state index in [0.717, 1.165) is 25.8 Å². The first-order chi connectivity index (χ1) is 7.20. The molecule has 15 heavy (non-hydrogen) atoms. The fraction of sp³-hybridized carbons (Fsp3) is 0.750. The number of hydrogen-bond acceptors (Lipinski definition) is 2. The Labute approximate surface area is 92.2 Å². The Hall–Kier alpha value is -1.01. The molecule has 1 heterocycles. The van der Waals surface area contributed by atoms with E-state index < -0.39 is 0 Å². The molecule has 1 N–H and O–H groups in total. The van der Waals surface area contributed by atoms with Crippen LogP contribution in [0.25, 0.3) is 0 Å². The van der Waals surface area contributed by atoms with Crippen LogP contribution in [0.1, 0.15) is 33.1 Å². The van der Waals surface area contributed by atoms with Crippen molar-refractivity contribution in [1.29, 1.82) is 0 Å². The number of rotatable bonds is 4. The summed E-state index contributed by atoms with van der Waals surface area (Å²) < 4.78 is 0. The van der Waals surface area contributed by atoms with Crippen molar-refractivity contribution in [3.05, 3.63) is 0 Å². The number of carbonyl (C=O) groups excluding carboxylic acids is 1. The van der Waals surface area contributed by atoms with Crippen LogP contribution in [0.3, 0.4) is 0 Å². The Morgan fingerprint density at radius 3 is 2.73 bits per heavy atom. The molecule has 0 aromatic heterocycles. The lowest BCUT2D eigenvalue weighted by molar-refractivity contribution is -0.137. The normalized spacial score (nSPS) is 24.9. The van der Waals surface area contributed by atoms with E-state index in [-0.39, 0.29) is 11.4 Å². The summed E-state index contributed by atoms with van der Waals surface area (Å²) in [4.78, 5) is 14.0. The smallest absolute Gasteiger partial charge is 0.243 e. The molecule has 0 aliphatic carbocycles. The van der Waals surface area contributed by atoms with Gasteiger partial charge in [0.05, 0.1) is 12.1 Å². The van der Waals surface area contributed by atoms with E-state index in [9.17, 15) is 4.79 Å². The standard InChI is InChI=1S/C12H20N2O/c1-4-10-14(6-3)11(15)12(5-2)8-7-9-13-12/h1,13H,5-10H2,2-3H3. The number of nitrogens with zero attached hydrogens (tertiary/aromatic N) is 1. The lowest BCUT2D eigenvalue weighted by Gasteiger charge is -2.32. The molecule has 3 heteroatoms. The number of carbonyl (C=O) groups is 1. The third kappa shape index (κ3) is 2.32. The largest absolute Gasteiger partial charge is 0.330 e. The van der Waals surface area contributed by atoms with Crippen molar-refractivity contribution in [1.82, 2.24) is 10.2 Å². The summed E-state index contributed by atoms with van der Waals surface area (Å²) in [6.07, 6.45) is 8.11. The molecule has 0 radical (unpaired) electrons. The zero-order valence-corrected chi connectivity index (χ0v) is 9.68. The Kier molecular flexibility index (Phi) is 4.16. The maximum Gasteiger partial charge on any atom is 0.243 e. The molecule has 0 spiro atoms. The van der Waals surface area contributed by atoms with Gasteiger partial charge in [-0.2, -0.15) is 0 Å². The van der Waals surface area contributed by atoms with Gasteiger partial charge < -0.3 is 10.2 Å². The van der Waals surface area contributed by atoms with Gasteiger partial charge in [0.1, 0.15) is 0 Å². The molecule has 1 atom stereocenters. The minimum absolute atomic E-state index is 0.169. The van der Waals surface area contributed by atoms with Crippen LogP contribution in [0.15, 0.2) is 0 Å². The predicted octanol–water partition coefficient (Wildman–Crippen LogP) is 1.00. The summed E-state index contributed by atoms with van der Waals surface area (Å²) in [6.45, 7) is 6.06. The van der Waals surface area contributed by atoms with Crippen molar-refractivity contribution < 1.29 is 4.79 Å². The third-order valence-electron chi connectivity index (χ3n) is 3.21. The average Bonchev–Trinajstić information content (AvgIpc) is 2.74. The van der Waals surface area contributed by atoms with Gasteiger partial charge in [-0.1, -0.05) is 12.8 Å². The van der Waals surface area contributed by atoms with Gasteiger partial charge in [0.25, 0.3) is 0 Å². The minimum atomic E-state index is -0.340. The quantitative estimate of drug-likeness (QED) is 0.699. The molecule has 1 amide bonds. The van der Waals surface area contributed by atoms with Gasteiger partial charge >= 0.3 is 0 Å². The number of nitrogens with one attached hydrogen (secondary N) is 1. The van der Waals surface area contributed by atoms with E-state index in [0.29, 0.717) is 13.1 Å². The number of terminal acetylenes is 1. The van der Waals surface area contributed by atoms with Crippen LogP contribution in [0.5, 0.6) is 0 Å². The molecule has 1 saturated heterocycles. The van der Waals surface area contributed by atoms with Crippen LogP contribution in [0.4, 0.5) is 0 Å². The van der Waals surface area contributed by atoms with E-state index in [1.165, 1.54) is 0 Å². The molecule has 3 nitrogen and oxygen atoms in total. The second-order valence-corrected chi connectivity index (χ2v) is 3.99. The van der Waals surface area contributed by atoms with Crippen LogP contribution in [-0.2, 0) is 4.79 Å². The van der Waals surface area contributed by atoms with Gasteiger partial charge in [-0.25, -0.2) is 0 Å². The zero-order valence-electron chi connectivity index (χ0n) is 9.68. The van der Waals surface area contributed by atoms with Gasteiger partial charge in [-0.05, 0) is 32.7 Å². The van der Waals surface area contributed by atoms with Crippen LogP contribution < -0.4 is 5.32 Å². The topological polar surface area (TPSA) is 32.3 Å². The van der Waals surface area contributed by atoms with Crippen molar-refractivity contribution in [2.75, 3.05) is 19.6 Å². The summed E-state index contributed by atoms with van der Waals surface area (Å²) in [5, 5.41) is 3.33. The number of amides is 1. The van der Waals surface area contributed by atoms with Crippen LogP contribution >= 0.6 is 0 Å². The molecule has 1 fully saturated rings. The molecular weight excluding hydrogens is 188 g/mol. The second kappa shape index (κ2) is 5.18. The van der Waals surface area contributed by atoms with Crippen molar-refractivity contribution in [2.24, 2.45) is 0 Å². The molecule has 0 aromatic carbocycles. The summed E-state index contributed by atoms with van der Waals surface area (Å²) in [5.74, 6) is 2.71. The fourth-order valence-corrected chi connectivity index (χ4v) is 2.18. The first-order valence-electron chi connectivity index (χ1n) is 5.68. The van der Waals surface area contributed by atoms with Crippen LogP contribution in [0, 0.1) is 12.3 Å². The molecule has 1 aliphatic heterocycles. The highest BCUT2D eigenvalue weighted by molar-refractivity contribution is 5.87. The first-order valence-corrected chi connectivity index (χ1v) is 5.68. The molecule has 1 aliphatic rings. The van der Waals surface area contributed by atoms with Gasteiger partial charge in [0.15, 0.2) is 0 Å². The van der Waals surface area contributed by atoms with E-state index >= 15 is 0 Å². The molecule has 84 valence electrons. The van der Waals surface area contributed by atoms with Gasteiger partial charge in [0.2, 0.25) is 5.91 Å². The Morgan fingerprint density at radius 1 is 1.60 bits per heavy atom. The van der Waals surface area contributed by atoms with Gasteiger partial charge in [-0.3, -0.25) is 4.79 Å². The summed E-state index contributed by atoms with van der Waals surface area (Å²) >= 11 is 0. The van der Waals surface area contributed by atoms with Gasteiger partial charge in [-0.15, -0.1) is 6.42 Å². The third-order valence-corrected chi connectivity index (χ3v) is 3.21. The maximum absolute atomic E-state index is 12.3. The Balaban J connectivity index is 2.75. The van der Waals surface area contributed by atoms with Crippen molar-refractivity contribution in [3.63, 3.8) is 0 Å². The molecule has 1 unspecified atom stereocenters. The highest BCUT2D eigenvalue weighted by atomic mass is 16.2. The minimum Gasteiger partial charge on any atom is -0.330 e. The fourth-order valence-electron chi connectivity index (χ4n) is 2.18. The molecule has 1 rings (SSSR count). The lowest BCUT2D eigenvalue weighted by Crippen LogP contribution is -2.54. The zero-order chi connectivity index (χ0) is 11.3. The molecular formula is C12H20N2O. The number of hydrogen-bond donors (Lipinski definition) is 1. The first kappa shape index (κ1) is 12.1. The van der Waals surface area contributed by atoms with Crippen molar-refractivity contribution >= 4 is 5.91 Å². The van der Waals surface area contributed by atoms with E-state index in [1.807, 2.05) is 6.92 Å². The van der Waals surface area contributed by atoms with E-state index in [2.05, 4.69) is 18.2 Å². The SMILES string of the molecule is C#CCN(CC)C(=O)C1(CC)CCCN1. The monoisotopic (exact) mass is 208 g/mol. The maximum atomic E-state index is 12.3. The van der Waals surface area contributed by atoms with E-state index in [4.69, 9.17) is 6.42 Å². The van der Waals surface area contributed by atoms with Crippen molar-refractivity contribution in [3.8, 4) is 12.3 Å². The highest BCUT2D eigenvalue weighted by Crippen LogP contribution is 2.25. The van der Waals surface area contributed by atoms with Gasteiger partial charge in [0, 0.05) is 6.54 Å². The summed E-state index contributed by atoms with van der Waals surface area (Å²) in [6, 6.07) is 0.